The second-order valence-corrected chi connectivity index (χ2v) is 5.71. The highest BCUT2D eigenvalue weighted by molar-refractivity contribution is 14.1. The molecule has 0 aliphatic carbocycles. The second-order valence-electron chi connectivity index (χ2n) is 4.63. The van der Waals surface area contributed by atoms with Crippen LogP contribution in [0.15, 0.2) is 23.1 Å². The van der Waals surface area contributed by atoms with Gasteiger partial charge in [0.15, 0.2) is 5.82 Å². The first kappa shape index (κ1) is 14.2. The Morgan fingerprint density at radius 3 is 2.79 bits per heavy atom. The number of rotatable bonds is 3. The zero-order valence-corrected chi connectivity index (χ0v) is 13.4. The van der Waals surface area contributed by atoms with E-state index in [0.717, 1.165) is 23.4 Å². The lowest BCUT2D eigenvalue weighted by Gasteiger charge is -2.10. The summed E-state index contributed by atoms with van der Waals surface area (Å²) >= 11 is 2.05. The van der Waals surface area contributed by atoms with Crippen molar-refractivity contribution in [2.45, 2.75) is 33.1 Å². The highest BCUT2D eigenvalue weighted by Crippen LogP contribution is 2.21. The molecule has 4 nitrogen and oxygen atoms in total. The zero-order valence-electron chi connectivity index (χ0n) is 11.2. The molecule has 1 N–H and O–H groups in total. The molecule has 19 heavy (non-hydrogen) atoms. The van der Waals surface area contributed by atoms with Gasteiger partial charge in [-0.15, -0.1) is 0 Å². The molecule has 2 aromatic heterocycles. The first-order valence-corrected chi connectivity index (χ1v) is 7.36. The van der Waals surface area contributed by atoms with Crippen molar-refractivity contribution in [2.24, 2.45) is 0 Å². The van der Waals surface area contributed by atoms with Crippen LogP contribution >= 0.6 is 22.6 Å². The maximum Gasteiger partial charge on any atom is 0.264 e. The van der Waals surface area contributed by atoms with E-state index < -0.39 is 0 Å². The number of halogens is 1. The molecule has 2 heterocycles. The van der Waals surface area contributed by atoms with E-state index in [0.29, 0.717) is 9.39 Å². The number of nitrogens with zero attached hydrogens (tertiary/aromatic N) is 2. The molecule has 0 fully saturated rings. The molecule has 0 amide bonds. The third-order valence-corrected chi connectivity index (χ3v) is 3.97. The monoisotopic (exact) mass is 369 g/mol. The molecule has 0 spiro atoms. The van der Waals surface area contributed by atoms with E-state index in [2.05, 4.69) is 21.9 Å². The van der Waals surface area contributed by atoms with Gasteiger partial charge >= 0.3 is 0 Å². The van der Waals surface area contributed by atoms with Crippen molar-refractivity contribution >= 4 is 22.6 Å². The van der Waals surface area contributed by atoms with Crippen molar-refractivity contribution < 1.29 is 0 Å². The Labute approximate surface area is 125 Å². The molecule has 100 valence electrons. The normalized spacial score (nSPS) is 11.0. The summed E-state index contributed by atoms with van der Waals surface area (Å²) in [5.41, 5.74) is 2.58. The van der Waals surface area contributed by atoms with E-state index in [1.54, 1.807) is 6.20 Å². The van der Waals surface area contributed by atoms with Crippen molar-refractivity contribution in [3.63, 3.8) is 0 Å². The molecule has 0 saturated heterocycles. The van der Waals surface area contributed by atoms with E-state index in [1.807, 2.05) is 48.6 Å². The third-order valence-electron chi connectivity index (χ3n) is 2.93. The number of nitrogens with one attached hydrogen (secondary N) is 1. The Hall–Kier alpha value is -1.24. The average Bonchev–Trinajstić information content (AvgIpc) is 2.41. The van der Waals surface area contributed by atoms with Crippen molar-refractivity contribution in [1.29, 1.82) is 0 Å². The molecule has 0 saturated carbocycles. The van der Waals surface area contributed by atoms with Gasteiger partial charge in [-0.3, -0.25) is 9.78 Å². The quantitative estimate of drug-likeness (QED) is 0.846. The molecule has 0 unspecified atom stereocenters. The number of aromatic amines is 1. The lowest BCUT2D eigenvalue weighted by atomic mass is 10.1. The van der Waals surface area contributed by atoms with Crippen molar-refractivity contribution in [1.82, 2.24) is 15.0 Å². The van der Waals surface area contributed by atoms with Crippen LogP contribution < -0.4 is 5.56 Å². The number of pyridine rings is 1. The largest absolute Gasteiger partial charge is 0.304 e. The SMILES string of the molecule is CCc1cccnc1-c1nc(C(C)C)c(I)c(=O)[nH]1. The Bertz CT molecular complexity index is 649. The molecular weight excluding hydrogens is 353 g/mol. The van der Waals surface area contributed by atoms with Gasteiger partial charge in [-0.25, -0.2) is 4.98 Å². The van der Waals surface area contributed by atoms with Gasteiger partial charge in [-0.2, -0.15) is 0 Å². The summed E-state index contributed by atoms with van der Waals surface area (Å²) in [6, 6.07) is 3.91. The summed E-state index contributed by atoms with van der Waals surface area (Å²) in [6.45, 7) is 6.13. The molecule has 0 aliphatic rings. The summed E-state index contributed by atoms with van der Waals surface area (Å²) in [7, 11) is 0. The molecule has 0 aliphatic heterocycles. The lowest BCUT2D eigenvalue weighted by Crippen LogP contribution is -2.17. The van der Waals surface area contributed by atoms with E-state index in [9.17, 15) is 4.79 Å². The van der Waals surface area contributed by atoms with Crippen molar-refractivity contribution in [3.05, 3.63) is 43.5 Å². The Balaban J connectivity index is 2.67. The Kier molecular flexibility index (Phi) is 4.34. The van der Waals surface area contributed by atoms with Gasteiger partial charge in [0, 0.05) is 6.20 Å². The minimum atomic E-state index is -0.0954. The first-order chi connectivity index (χ1) is 9.04. The number of hydrogen-bond donors (Lipinski definition) is 1. The third kappa shape index (κ3) is 2.86. The van der Waals surface area contributed by atoms with Gasteiger partial charge in [-0.1, -0.05) is 26.8 Å². The molecule has 2 rings (SSSR count). The fourth-order valence-electron chi connectivity index (χ4n) is 1.91. The highest BCUT2D eigenvalue weighted by atomic mass is 127. The maximum atomic E-state index is 12.0. The van der Waals surface area contributed by atoms with Crippen LogP contribution in [0, 0.1) is 3.57 Å². The summed E-state index contributed by atoms with van der Waals surface area (Å²) in [5.74, 6) is 0.772. The van der Waals surface area contributed by atoms with Crippen LogP contribution in [0.1, 0.15) is 37.9 Å². The van der Waals surface area contributed by atoms with Crippen LogP contribution in [-0.4, -0.2) is 15.0 Å². The number of aromatic nitrogens is 3. The molecular formula is C14H16IN3O. The highest BCUT2D eigenvalue weighted by Gasteiger charge is 2.15. The van der Waals surface area contributed by atoms with Crippen LogP contribution in [0.4, 0.5) is 0 Å². The predicted molar refractivity (Wildman–Crippen MR) is 84.3 cm³/mol. The molecule has 5 heteroatoms. The zero-order chi connectivity index (χ0) is 14.0. The van der Waals surface area contributed by atoms with Gasteiger partial charge in [0.2, 0.25) is 0 Å². The minimum Gasteiger partial charge on any atom is -0.304 e. The maximum absolute atomic E-state index is 12.0. The van der Waals surface area contributed by atoms with E-state index >= 15 is 0 Å². The minimum absolute atomic E-state index is 0.0954. The van der Waals surface area contributed by atoms with Crippen molar-refractivity contribution in [2.75, 3.05) is 0 Å². The van der Waals surface area contributed by atoms with Crippen LogP contribution in [0.3, 0.4) is 0 Å². The van der Waals surface area contributed by atoms with E-state index in [1.165, 1.54) is 0 Å². The van der Waals surface area contributed by atoms with E-state index in [4.69, 9.17) is 0 Å². The van der Waals surface area contributed by atoms with Crippen LogP contribution in [0.5, 0.6) is 0 Å². The fraction of sp³-hybridized carbons (Fsp3) is 0.357. The molecule has 0 aromatic carbocycles. The summed E-state index contributed by atoms with van der Waals surface area (Å²) in [4.78, 5) is 23.8. The standard InChI is InChI=1S/C14H16IN3O/c1-4-9-6-5-7-16-12(9)13-17-11(8(2)3)10(15)14(19)18-13/h5-8H,4H2,1-3H3,(H,17,18,19). The van der Waals surface area contributed by atoms with Gasteiger partial charge in [0.05, 0.1) is 9.26 Å². The summed E-state index contributed by atoms with van der Waals surface area (Å²) < 4.78 is 0.658. The van der Waals surface area contributed by atoms with Crippen molar-refractivity contribution in [3.8, 4) is 11.5 Å². The lowest BCUT2D eigenvalue weighted by molar-refractivity contribution is 0.800. The number of hydrogen-bond acceptors (Lipinski definition) is 3. The van der Waals surface area contributed by atoms with Crippen LogP contribution in [0.2, 0.25) is 0 Å². The molecule has 0 radical (unpaired) electrons. The van der Waals surface area contributed by atoms with Gasteiger partial charge < -0.3 is 4.98 Å². The summed E-state index contributed by atoms with van der Waals surface area (Å²) in [5, 5.41) is 0. The number of H-pyrrole nitrogens is 1. The smallest absolute Gasteiger partial charge is 0.264 e. The molecule has 0 bridgehead atoms. The summed E-state index contributed by atoms with van der Waals surface area (Å²) in [6.07, 6.45) is 2.58. The molecule has 0 atom stereocenters. The van der Waals surface area contributed by atoms with Crippen LogP contribution in [-0.2, 0) is 6.42 Å². The van der Waals surface area contributed by atoms with Gasteiger partial charge in [0.25, 0.3) is 5.56 Å². The van der Waals surface area contributed by atoms with E-state index in [-0.39, 0.29) is 11.5 Å². The number of aryl methyl sites for hydroxylation is 1. The topological polar surface area (TPSA) is 58.6 Å². The Morgan fingerprint density at radius 1 is 1.42 bits per heavy atom. The van der Waals surface area contributed by atoms with Gasteiger partial charge in [0.1, 0.15) is 5.69 Å². The van der Waals surface area contributed by atoms with Crippen LogP contribution in [0.25, 0.3) is 11.5 Å². The second kappa shape index (κ2) is 5.81. The molecule has 2 aromatic rings. The van der Waals surface area contributed by atoms with Gasteiger partial charge in [-0.05, 0) is 46.6 Å². The first-order valence-electron chi connectivity index (χ1n) is 6.28. The average molecular weight is 369 g/mol. The Morgan fingerprint density at radius 2 is 2.16 bits per heavy atom. The fourth-order valence-corrected chi connectivity index (χ4v) is 2.79. The predicted octanol–water partition coefficient (Wildman–Crippen LogP) is 3.12.